The lowest BCUT2D eigenvalue weighted by atomic mass is 10.5. The van der Waals surface area contributed by atoms with Crippen LogP contribution in [0, 0.1) is 4.91 Å². The number of carbonyl (C=O) groups excluding carboxylic acids is 1. The van der Waals surface area contributed by atoms with Crippen molar-refractivity contribution in [2.45, 2.75) is 0 Å². The Balaban J connectivity index is 2.70. The third-order valence-electron chi connectivity index (χ3n) is 0.764. The molecule has 0 radical (unpaired) electrons. The van der Waals surface area contributed by atoms with Crippen LogP contribution in [0.15, 0.2) is 16.9 Å². The van der Waals surface area contributed by atoms with Crippen molar-refractivity contribution in [3.05, 3.63) is 16.7 Å². The van der Waals surface area contributed by atoms with Gasteiger partial charge in [-0.05, 0) is 5.18 Å². The molecule has 0 fully saturated rings. The highest BCUT2D eigenvalue weighted by atomic mass is 16.5. The molecule has 0 N–H and O–H groups in total. The number of rotatable bonds is 1. The Kier molecular flexibility index (Phi) is 1.07. The van der Waals surface area contributed by atoms with Crippen LogP contribution < -0.4 is 0 Å². The minimum atomic E-state index is -0.486. The van der Waals surface area contributed by atoms with Gasteiger partial charge >= 0.3 is 5.97 Å². The quantitative estimate of drug-likeness (QED) is 0.360. The number of nitrogens with zero attached hydrogens (tertiary/aromatic N) is 1. The molecule has 0 amide bonds. The number of nitroso groups, excluding NO2 is 1. The van der Waals surface area contributed by atoms with Gasteiger partial charge in [-0.2, -0.15) is 0 Å². The standard InChI is InChI=1S/C4H3NO3/c6-4-1-3(5-7)2-8-4/h1H,2H2. The Labute approximate surface area is 45.1 Å². The number of carbonyl (C=O) groups is 1. The molecule has 8 heavy (non-hydrogen) atoms. The molecule has 0 spiro atoms. The van der Waals surface area contributed by atoms with E-state index in [0.717, 1.165) is 6.08 Å². The third kappa shape index (κ3) is 0.726. The van der Waals surface area contributed by atoms with Crippen molar-refractivity contribution in [2.24, 2.45) is 5.18 Å². The van der Waals surface area contributed by atoms with Crippen molar-refractivity contribution < 1.29 is 9.53 Å². The first-order valence-electron chi connectivity index (χ1n) is 2.03. The second kappa shape index (κ2) is 1.73. The van der Waals surface area contributed by atoms with E-state index in [0.29, 0.717) is 0 Å². The van der Waals surface area contributed by atoms with Crippen LogP contribution in [0.2, 0.25) is 0 Å². The Morgan fingerprint density at radius 2 is 2.50 bits per heavy atom. The zero-order chi connectivity index (χ0) is 5.98. The first kappa shape index (κ1) is 4.96. The van der Waals surface area contributed by atoms with E-state index >= 15 is 0 Å². The molecule has 0 aromatic carbocycles. The molecule has 0 bridgehead atoms. The van der Waals surface area contributed by atoms with Crippen LogP contribution in [0.5, 0.6) is 0 Å². The average Bonchev–Trinajstić information content (AvgIpc) is 2.14. The maximum absolute atomic E-state index is 10.1. The molecule has 1 heterocycles. The summed E-state index contributed by atoms with van der Waals surface area (Å²) in [6, 6.07) is 0. The van der Waals surface area contributed by atoms with E-state index in [-0.39, 0.29) is 12.3 Å². The molecule has 4 nitrogen and oxygen atoms in total. The lowest BCUT2D eigenvalue weighted by Gasteiger charge is -1.83. The maximum Gasteiger partial charge on any atom is 0.333 e. The van der Waals surface area contributed by atoms with Gasteiger partial charge in [-0.25, -0.2) is 4.79 Å². The van der Waals surface area contributed by atoms with Crippen molar-refractivity contribution in [3.63, 3.8) is 0 Å². The second-order valence-electron chi connectivity index (χ2n) is 1.33. The predicted molar refractivity (Wildman–Crippen MR) is 24.8 cm³/mol. The molecule has 0 saturated carbocycles. The summed E-state index contributed by atoms with van der Waals surface area (Å²) in [5, 5.41) is 2.50. The first-order chi connectivity index (χ1) is 3.83. The zero-order valence-electron chi connectivity index (χ0n) is 3.96. The highest BCUT2D eigenvalue weighted by molar-refractivity contribution is 5.85. The fourth-order valence-corrected chi connectivity index (χ4v) is 0.417. The van der Waals surface area contributed by atoms with Crippen LogP contribution in [0.3, 0.4) is 0 Å². The van der Waals surface area contributed by atoms with E-state index in [9.17, 15) is 9.70 Å². The number of ether oxygens (including phenoxy) is 1. The van der Waals surface area contributed by atoms with Crippen molar-refractivity contribution in [2.75, 3.05) is 6.61 Å². The molecule has 0 unspecified atom stereocenters. The van der Waals surface area contributed by atoms with E-state index in [2.05, 4.69) is 9.91 Å². The second-order valence-corrected chi connectivity index (χ2v) is 1.33. The van der Waals surface area contributed by atoms with Gasteiger partial charge in [0.25, 0.3) is 0 Å². The molecular weight excluding hydrogens is 110 g/mol. The molecule has 0 aromatic heterocycles. The van der Waals surface area contributed by atoms with Gasteiger partial charge < -0.3 is 4.74 Å². The van der Waals surface area contributed by atoms with Crippen LogP contribution >= 0.6 is 0 Å². The minimum absolute atomic E-state index is 0.0301. The van der Waals surface area contributed by atoms with E-state index in [1.165, 1.54) is 0 Å². The molecule has 0 atom stereocenters. The van der Waals surface area contributed by atoms with Gasteiger partial charge in [-0.15, -0.1) is 4.91 Å². The van der Waals surface area contributed by atoms with Crippen LogP contribution in [-0.4, -0.2) is 12.6 Å². The van der Waals surface area contributed by atoms with E-state index in [1.54, 1.807) is 0 Å². The Bertz CT molecular complexity index is 161. The summed E-state index contributed by atoms with van der Waals surface area (Å²) in [6.07, 6.45) is 1.08. The van der Waals surface area contributed by atoms with E-state index in [1.807, 2.05) is 0 Å². The SMILES string of the molecule is O=NC1=CC(=O)OC1. The highest BCUT2D eigenvalue weighted by Gasteiger charge is 2.11. The molecule has 1 rings (SSSR count). The summed E-state index contributed by atoms with van der Waals surface area (Å²) in [7, 11) is 0. The summed E-state index contributed by atoms with van der Waals surface area (Å²) >= 11 is 0. The molecule has 0 saturated heterocycles. The maximum atomic E-state index is 10.1. The topological polar surface area (TPSA) is 55.7 Å². The van der Waals surface area contributed by atoms with Gasteiger partial charge in [0, 0.05) is 0 Å². The Hall–Kier alpha value is -1.19. The van der Waals surface area contributed by atoms with Gasteiger partial charge in [-0.3, -0.25) is 0 Å². The number of esters is 1. The average molecular weight is 113 g/mol. The minimum Gasteiger partial charge on any atom is -0.456 e. The first-order valence-corrected chi connectivity index (χ1v) is 2.03. The van der Waals surface area contributed by atoms with Crippen LogP contribution in [-0.2, 0) is 9.53 Å². The Morgan fingerprint density at radius 1 is 1.75 bits per heavy atom. The van der Waals surface area contributed by atoms with Crippen molar-refractivity contribution >= 4 is 5.97 Å². The fraction of sp³-hybridized carbons (Fsp3) is 0.250. The normalized spacial score (nSPS) is 17.5. The van der Waals surface area contributed by atoms with Crippen molar-refractivity contribution in [3.8, 4) is 0 Å². The molecule has 0 aliphatic carbocycles. The summed E-state index contributed by atoms with van der Waals surface area (Å²) in [5.41, 5.74) is 0.162. The molecule has 0 aromatic rings. The molecular formula is C4H3NO3. The lowest BCUT2D eigenvalue weighted by molar-refractivity contribution is -0.134. The summed E-state index contributed by atoms with van der Waals surface area (Å²) in [4.78, 5) is 19.7. The largest absolute Gasteiger partial charge is 0.456 e. The van der Waals surface area contributed by atoms with Gasteiger partial charge in [-0.1, -0.05) is 0 Å². The lowest BCUT2D eigenvalue weighted by Crippen LogP contribution is -1.90. The summed E-state index contributed by atoms with van der Waals surface area (Å²) < 4.78 is 4.33. The Morgan fingerprint density at radius 3 is 2.75 bits per heavy atom. The number of hydrogen-bond donors (Lipinski definition) is 0. The molecule has 1 aliphatic rings. The highest BCUT2D eigenvalue weighted by Crippen LogP contribution is 2.04. The zero-order valence-corrected chi connectivity index (χ0v) is 3.96. The van der Waals surface area contributed by atoms with Gasteiger partial charge in [0.2, 0.25) is 0 Å². The molecule has 1 aliphatic heterocycles. The van der Waals surface area contributed by atoms with E-state index < -0.39 is 5.97 Å². The van der Waals surface area contributed by atoms with Crippen molar-refractivity contribution in [1.29, 1.82) is 0 Å². The number of hydrogen-bond acceptors (Lipinski definition) is 4. The predicted octanol–water partition coefficient (Wildman–Crippen LogP) is 0.194. The van der Waals surface area contributed by atoms with Crippen LogP contribution in [0.4, 0.5) is 0 Å². The van der Waals surface area contributed by atoms with E-state index in [4.69, 9.17) is 0 Å². The monoisotopic (exact) mass is 113 g/mol. The van der Waals surface area contributed by atoms with Gasteiger partial charge in [0.05, 0.1) is 6.08 Å². The fourth-order valence-electron chi connectivity index (χ4n) is 0.417. The van der Waals surface area contributed by atoms with Gasteiger partial charge in [0.1, 0.15) is 12.3 Å². The summed E-state index contributed by atoms with van der Waals surface area (Å²) in [6.45, 7) is 0.0301. The number of cyclic esters (lactones) is 1. The molecule has 42 valence electrons. The smallest absolute Gasteiger partial charge is 0.333 e. The third-order valence-corrected chi connectivity index (χ3v) is 0.764. The molecule has 4 heteroatoms. The van der Waals surface area contributed by atoms with Crippen molar-refractivity contribution in [1.82, 2.24) is 0 Å². The van der Waals surface area contributed by atoms with Crippen LogP contribution in [0.1, 0.15) is 0 Å². The van der Waals surface area contributed by atoms with Crippen LogP contribution in [0.25, 0.3) is 0 Å². The summed E-state index contributed by atoms with van der Waals surface area (Å²) in [5.74, 6) is -0.486. The van der Waals surface area contributed by atoms with Gasteiger partial charge in [0.15, 0.2) is 0 Å².